The molecule has 3 amide bonds. The molecule has 5 rings (SSSR count). The van der Waals surface area contributed by atoms with Crippen LogP contribution in [-0.4, -0.2) is 45.2 Å². The first-order valence-corrected chi connectivity index (χ1v) is 14.2. The van der Waals surface area contributed by atoms with Gasteiger partial charge >= 0.3 is 6.03 Å². The molecule has 1 aliphatic heterocycles. The Morgan fingerprint density at radius 3 is 2.02 bits per heavy atom. The van der Waals surface area contributed by atoms with Crippen LogP contribution < -0.4 is 30.5 Å². The number of aryl methyl sites for hydroxylation is 2. The number of para-hydroxylation sites is 2. The fraction of sp³-hybridized carbons (Fsp3) is 0.235. The van der Waals surface area contributed by atoms with Gasteiger partial charge in [-0.15, -0.1) is 0 Å². The molecule has 1 aliphatic rings. The first-order chi connectivity index (χ1) is 20.4. The zero-order valence-corrected chi connectivity index (χ0v) is 24.3. The molecule has 0 aromatic heterocycles. The highest BCUT2D eigenvalue weighted by Crippen LogP contribution is 2.31. The fourth-order valence-electron chi connectivity index (χ4n) is 5.14. The lowest BCUT2D eigenvalue weighted by molar-refractivity contribution is 0.0951. The van der Waals surface area contributed by atoms with Crippen molar-refractivity contribution in [3.8, 4) is 5.75 Å². The molecule has 1 heterocycles. The number of anilines is 4. The van der Waals surface area contributed by atoms with Gasteiger partial charge in [0.2, 0.25) is 0 Å². The van der Waals surface area contributed by atoms with E-state index in [-0.39, 0.29) is 11.9 Å². The van der Waals surface area contributed by atoms with E-state index in [0.717, 1.165) is 60.0 Å². The van der Waals surface area contributed by atoms with E-state index in [2.05, 4.69) is 31.8 Å². The molecule has 0 bridgehead atoms. The molecule has 42 heavy (non-hydrogen) atoms. The van der Waals surface area contributed by atoms with E-state index in [1.54, 1.807) is 13.2 Å². The number of urea groups is 1. The number of carbonyl (C=O) groups is 2. The van der Waals surface area contributed by atoms with Crippen molar-refractivity contribution in [3.63, 3.8) is 0 Å². The molecule has 8 heteroatoms. The summed E-state index contributed by atoms with van der Waals surface area (Å²) in [7, 11) is 1.69. The number of hydrogen-bond acceptors (Lipinski definition) is 5. The molecule has 1 fully saturated rings. The van der Waals surface area contributed by atoms with Gasteiger partial charge in [0.05, 0.1) is 18.4 Å². The molecular formula is C34H37N5O3. The Bertz CT molecular complexity index is 1550. The zero-order valence-electron chi connectivity index (χ0n) is 24.3. The molecule has 0 saturated carbocycles. The molecule has 0 unspecified atom stereocenters. The van der Waals surface area contributed by atoms with Crippen molar-refractivity contribution < 1.29 is 14.3 Å². The number of ether oxygens (including phenoxy) is 1. The van der Waals surface area contributed by atoms with Gasteiger partial charge in [-0.25, -0.2) is 4.79 Å². The molecular weight excluding hydrogens is 526 g/mol. The molecule has 4 aromatic carbocycles. The van der Waals surface area contributed by atoms with Crippen molar-refractivity contribution in [2.45, 2.75) is 20.4 Å². The van der Waals surface area contributed by atoms with Crippen molar-refractivity contribution in [1.82, 2.24) is 5.32 Å². The minimum absolute atomic E-state index is 0.195. The van der Waals surface area contributed by atoms with Crippen LogP contribution in [0.25, 0.3) is 0 Å². The lowest BCUT2D eigenvalue weighted by Crippen LogP contribution is -2.47. The third-order valence-electron chi connectivity index (χ3n) is 7.61. The SMILES string of the molecule is COc1ccccc1N1CCN(c2ccc(NC(=O)Nc3ccc(C)c(C)c3)cc2C(=O)NCc2ccccc2)CC1. The number of nitrogens with zero attached hydrogens (tertiary/aromatic N) is 2. The first kappa shape index (κ1) is 28.5. The van der Waals surface area contributed by atoms with Crippen LogP contribution in [0.1, 0.15) is 27.0 Å². The number of hydrogen-bond donors (Lipinski definition) is 3. The second-order valence-electron chi connectivity index (χ2n) is 10.4. The van der Waals surface area contributed by atoms with Crippen LogP contribution in [0.3, 0.4) is 0 Å². The number of nitrogens with one attached hydrogen (secondary N) is 3. The van der Waals surface area contributed by atoms with Crippen LogP contribution in [-0.2, 0) is 6.54 Å². The Morgan fingerprint density at radius 1 is 0.714 bits per heavy atom. The van der Waals surface area contributed by atoms with Gasteiger partial charge in [0, 0.05) is 49.8 Å². The van der Waals surface area contributed by atoms with Crippen molar-refractivity contribution >= 4 is 34.7 Å². The molecule has 8 nitrogen and oxygen atoms in total. The molecule has 1 saturated heterocycles. The quantitative estimate of drug-likeness (QED) is 0.237. The second-order valence-corrected chi connectivity index (χ2v) is 10.4. The van der Waals surface area contributed by atoms with E-state index in [1.165, 1.54) is 0 Å². The second kappa shape index (κ2) is 13.1. The van der Waals surface area contributed by atoms with Crippen molar-refractivity contribution in [2.75, 3.05) is 53.7 Å². The largest absolute Gasteiger partial charge is 0.495 e. The normalized spacial score (nSPS) is 12.9. The summed E-state index contributed by atoms with van der Waals surface area (Å²) in [5.41, 5.74) is 6.93. The predicted molar refractivity (Wildman–Crippen MR) is 170 cm³/mol. The highest BCUT2D eigenvalue weighted by Gasteiger charge is 2.24. The van der Waals surface area contributed by atoms with E-state index in [1.807, 2.05) is 92.7 Å². The minimum Gasteiger partial charge on any atom is -0.495 e. The summed E-state index contributed by atoms with van der Waals surface area (Å²) in [6, 6.07) is 28.8. The smallest absolute Gasteiger partial charge is 0.323 e. The molecule has 4 aromatic rings. The summed E-state index contributed by atoms with van der Waals surface area (Å²) >= 11 is 0. The number of amides is 3. The average molecular weight is 564 g/mol. The summed E-state index contributed by atoms with van der Waals surface area (Å²) in [6.07, 6.45) is 0. The third-order valence-corrected chi connectivity index (χ3v) is 7.61. The summed E-state index contributed by atoms with van der Waals surface area (Å²) in [5, 5.41) is 8.83. The summed E-state index contributed by atoms with van der Waals surface area (Å²) in [5.74, 6) is 0.653. The van der Waals surface area contributed by atoms with Gasteiger partial charge < -0.3 is 30.5 Å². The molecule has 0 radical (unpaired) electrons. The van der Waals surface area contributed by atoms with Gasteiger partial charge in [0.25, 0.3) is 5.91 Å². The highest BCUT2D eigenvalue weighted by atomic mass is 16.5. The van der Waals surface area contributed by atoms with Gasteiger partial charge in [-0.1, -0.05) is 48.5 Å². The maximum Gasteiger partial charge on any atom is 0.323 e. The van der Waals surface area contributed by atoms with Gasteiger partial charge in [-0.3, -0.25) is 4.79 Å². The standard InChI is InChI=1S/C34H37N5O3/c1-24-13-14-27(21-25(24)2)36-34(41)37-28-15-16-30(29(22-28)33(40)35-23-26-9-5-4-6-10-26)38-17-19-39(20-18-38)31-11-7-8-12-32(31)42-3/h4-16,21-22H,17-20,23H2,1-3H3,(H,35,40)(H2,36,37,41). The molecule has 0 aliphatic carbocycles. The van der Waals surface area contributed by atoms with Crippen LogP contribution in [0.15, 0.2) is 91.0 Å². The predicted octanol–water partition coefficient (Wildman–Crippen LogP) is 6.21. The van der Waals surface area contributed by atoms with Crippen molar-refractivity contribution in [2.24, 2.45) is 0 Å². The Morgan fingerprint density at radius 2 is 1.33 bits per heavy atom. The van der Waals surface area contributed by atoms with Gasteiger partial charge in [0.1, 0.15) is 5.75 Å². The topological polar surface area (TPSA) is 85.9 Å². The first-order valence-electron chi connectivity index (χ1n) is 14.2. The van der Waals surface area contributed by atoms with Crippen molar-refractivity contribution in [1.29, 1.82) is 0 Å². The van der Waals surface area contributed by atoms with E-state index in [0.29, 0.717) is 23.5 Å². The van der Waals surface area contributed by atoms with E-state index in [4.69, 9.17) is 4.74 Å². The molecule has 0 spiro atoms. The number of benzene rings is 4. The maximum absolute atomic E-state index is 13.6. The highest BCUT2D eigenvalue weighted by molar-refractivity contribution is 6.04. The summed E-state index contributed by atoms with van der Waals surface area (Å²) in [4.78, 5) is 30.9. The minimum atomic E-state index is -0.368. The van der Waals surface area contributed by atoms with Crippen LogP contribution >= 0.6 is 0 Å². The van der Waals surface area contributed by atoms with Gasteiger partial charge in [-0.05, 0) is 73.0 Å². The van der Waals surface area contributed by atoms with Crippen LogP contribution in [0.5, 0.6) is 5.75 Å². The molecule has 216 valence electrons. The van der Waals surface area contributed by atoms with E-state index >= 15 is 0 Å². The third kappa shape index (κ3) is 6.83. The summed E-state index contributed by atoms with van der Waals surface area (Å²) in [6.45, 7) is 7.48. The van der Waals surface area contributed by atoms with Gasteiger partial charge in [0.15, 0.2) is 0 Å². The monoisotopic (exact) mass is 563 g/mol. The zero-order chi connectivity index (χ0) is 29.5. The lowest BCUT2D eigenvalue weighted by atomic mass is 10.1. The fourth-order valence-corrected chi connectivity index (χ4v) is 5.14. The van der Waals surface area contributed by atoms with Crippen LogP contribution in [0.2, 0.25) is 0 Å². The number of carbonyl (C=O) groups excluding carboxylic acids is 2. The van der Waals surface area contributed by atoms with E-state index < -0.39 is 0 Å². The molecule has 0 atom stereocenters. The Balaban J connectivity index is 1.33. The number of piperazine rings is 1. The number of methoxy groups -OCH3 is 1. The Kier molecular flexibility index (Phi) is 8.92. The van der Waals surface area contributed by atoms with Crippen LogP contribution in [0, 0.1) is 13.8 Å². The van der Waals surface area contributed by atoms with Gasteiger partial charge in [-0.2, -0.15) is 0 Å². The van der Waals surface area contributed by atoms with Crippen molar-refractivity contribution in [3.05, 3.63) is 113 Å². The number of rotatable bonds is 8. The van der Waals surface area contributed by atoms with Crippen LogP contribution in [0.4, 0.5) is 27.5 Å². The maximum atomic E-state index is 13.6. The average Bonchev–Trinajstić information content (AvgIpc) is 3.02. The Hall–Kier alpha value is -4.98. The summed E-state index contributed by atoms with van der Waals surface area (Å²) < 4.78 is 5.57. The molecule has 3 N–H and O–H groups in total. The van der Waals surface area contributed by atoms with E-state index in [9.17, 15) is 9.59 Å². The lowest BCUT2D eigenvalue weighted by Gasteiger charge is -2.38. The Labute approximate surface area is 247 Å².